The lowest BCUT2D eigenvalue weighted by Crippen LogP contribution is -2.30. The first-order valence-corrected chi connectivity index (χ1v) is 6.65. The topological polar surface area (TPSA) is 38.5 Å². The molecule has 0 bridgehead atoms. The lowest BCUT2D eigenvalue weighted by atomic mass is 10.1. The molecule has 0 saturated carbocycles. The Bertz CT molecular complexity index is 339. The molecular formula is C15H26N2O. The van der Waals surface area contributed by atoms with Gasteiger partial charge in [0, 0.05) is 33.3 Å². The Hall–Kier alpha value is -0.900. The molecule has 18 heavy (non-hydrogen) atoms. The zero-order valence-electron chi connectivity index (χ0n) is 11.9. The largest absolute Gasteiger partial charge is 0.383 e. The molecule has 0 aliphatic heterocycles. The first-order valence-electron chi connectivity index (χ1n) is 6.65. The van der Waals surface area contributed by atoms with Gasteiger partial charge in [0.2, 0.25) is 0 Å². The number of nitrogens with zero attached hydrogens (tertiary/aromatic N) is 1. The van der Waals surface area contributed by atoms with Gasteiger partial charge in [-0.2, -0.15) is 0 Å². The standard InChI is InChI=1S/C15H26N2O/c1-13(2)11-17(7-8-18-3)12-15-6-4-5-14(9-15)10-16/h4-6,9,13H,7-8,10-12,16H2,1-3H3. The van der Waals surface area contributed by atoms with E-state index >= 15 is 0 Å². The average molecular weight is 250 g/mol. The summed E-state index contributed by atoms with van der Waals surface area (Å²) in [6, 6.07) is 8.52. The maximum Gasteiger partial charge on any atom is 0.0589 e. The third kappa shape index (κ3) is 5.63. The van der Waals surface area contributed by atoms with E-state index in [1.165, 1.54) is 11.1 Å². The number of nitrogens with two attached hydrogens (primary N) is 1. The second kappa shape index (κ2) is 8.25. The fourth-order valence-corrected chi connectivity index (χ4v) is 2.08. The van der Waals surface area contributed by atoms with Crippen molar-refractivity contribution >= 4 is 0 Å². The van der Waals surface area contributed by atoms with Crippen molar-refractivity contribution in [3.8, 4) is 0 Å². The van der Waals surface area contributed by atoms with Gasteiger partial charge in [0.1, 0.15) is 0 Å². The van der Waals surface area contributed by atoms with Gasteiger partial charge in [-0.15, -0.1) is 0 Å². The van der Waals surface area contributed by atoms with Crippen LogP contribution in [0.15, 0.2) is 24.3 Å². The van der Waals surface area contributed by atoms with Gasteiger partial charge in [0.15, 0.2) is 0 Å². The molecule has 0 saturated heterocycles. The number of hydrogen-bond acceptors (Lipinski definition) is 3. The van der Waals surface area contributed by atoms with Crippen LogP contribution in [0, 0.1) is 5.92 Å². The van der Waals surface area contributed by atoms with E-state index in [2.05, 4.69) is 43.0 Å². The Morgan fingerprint density at radius 2 is 2.00 bits per heavy atom. The van der Waals surface area contributed by atoms with Crippen LogP contribution in [0.4, 0.5) is 0 Å². The highest BCUT2D eigenvalue weighted by molar-refractivity contribution is 5.23. The summed E-state index contributed by atoms with van der Waals surface area (Å²) in [5.41, 5.74) is 8.20. The predicted octanol–water partition coefficient (Wildman–Crippen LogP) is 2.25. The molecule has 0 aliphatic carbocycles. The highest BCUT2D eigenvalue weighted by Crippen LogP contribution is 2.09. The zero-order valence-corrected chi connectivity index (χ0v) is 11.9. The van der Waals surface area contributed by atoms with Gasteiger partial charge in [-0.3, -0.25) is 4.90 Å². The lowest BCUT2D eigenvalue weighted by molar-refractivity contribution is 0.136. The Kier molecular flexibility index (Phi) is 6.94. The van der Waals surface area contributed by atoms with Gasteiger partial charge >= 0.3 is 0 Å². The van der Waals surface area contributed by atoms with Crippen molar-refractivity contribution in [2.45, 2.75) is 26.9 Å². The van der Waals surface area contributed by atoms with Crippen molar-refractivity contribution in [3.63, 3.8) is 0 Å². The van der Waals surface area contributed by atoms with Crippen LogP contribution in [0.3, 0.4) is 0 Å². The Morgan fingerprint density at radius 3 is 2.61 bits per heavy atom. The maximum atomic E-state index is 5.68. The third-order valence-electron chi connectivity index (χ3n) is 2.87. The average Bonchev–Trinajstić information content (AvgIpc) is 2.35. The highest BCUT2D eigenvalue weighted by atomic mass is 16.5. The molecule has 0 amide bonds. The van der Waals surface area contributed by atoms with Gasteiger partial charge in [-0.1, -0.05) is 38.1 Å². The number of methoxy groups -OCH3 is 1. The van der Waals surface area contributed by atoms with Crippen LogP contribution in [0.1, 0.15) is 25.0 Å². The molecule has 2 N–H and O–H groups in total. The minimum Gasteiger partial charge on any atom is -0.383 e. The van der Waals surface area contributed by atoms with Crippen LogP contribution in [0.2, 0.25) is 0 Å². The Labute approximate surface area is 111 Å². The van der Waals surface area contributed by atoms with Crippen LogP contribution < -0.4 is 5.73 Å². The summed E-state index contributed by atoms with van der Waals surface area (Å²) in [5.74, 6) is 0.666. The fraction of sp³-hybridized carbons (Fsp3) is 0.600. The molecule has 1 aromatic rings. The predicted molar refractivity (Wildman–Crippen MR) is 76.3 cm³/mol. The second-order valence-electron chi connectivity index (χ2n) is 5.15. The zero-order chi connectivity index (χ0) is 13.4. The highest BCUT2D eigenvalue weighted by Gasteiger charge is 2.08. The molecule has 1 aromatic carbocycles. The number of benzene rings is 1. The van der Waals surface area contributed by atoms with Crippen molar-refractivity contribution in [3.05, 3.63) is 35.4 Å². The molecule has 0 radical (unpaired) electrons. The van der Waals surface area contributed by atoms with Gasteiger partial charge in [-0.25, -0.2) is 0 Å². The van der Waals surface area contributed by atoms with E-state index < -0.39 is 0 Å². The van der Waals surface area contributed by atoms with Crippen molar-refractivity contribution < 1.29 is 4.74 Å². The van der Waals surface area contributed by atoms with E-state index in [4.69, 9.17) is 10.5 Å². The van der Waals surface area contributed by atoms with Gasteiger partial charge in [0.25, 0.3) is 0 Å². The van der Waals surface area contributed by atoms with Crippen molar-refractivity contribution in [1.82, 2.24) is 4.90 Å². The van der Waals surface area contributed by atoms with Gasteiger partial charge in [0.05, 0.1) is 6.61 Å². The normalized spacial score (nSPS) is 11.4. The van der Waals surface area contributed by atoms with E-state index in [-0.39, 0.29) is 0 Å². The molecule has 0 aliphatic rings. The molecule has 0 atom stereocenters. The molecular weight excluding hydrogens is 224 g/mol. The maximum absolute atomic E-state index is 5.68. The molecule has 0 unspecified atom stereocenters. The van der Waals surface area contributed by atoms with Crippen molar-refractivity contribution in [2.75, 3.05) is 26.8 Å². The van der Waals surface area contributed by atoms with Gasteiger partial charge in [-0.05, 0) is 17.0 Å². The molecule has 0 fully saturated rings. The SMILES string of the molecule is COCCN(Cc1cccc(CN)c1)CC(C)C. The number of ether oxygens (including phenoxy) is 1. The van der Waals surface area contributed by atoms with Crippen molar-refractivity contribution in [2.24, 2.45) is 11.7 Å². The molecule has 1 rings (SSSR count). The smallest absolute Gasteiger partial charge is 0.0589 e. The summed E-state index contributed by atoms with van der Waals surface area (Å²) < 4.78 is 5.17. The van der Waals surface area contributed by atoms with E-state index in [1.807, 2.05) is 0 Å². The van der Waals surface area contributed by atoms with Crippen LogP contribution in [-0.4, -0.2) is 31.7 Å². The fourth-order valence-electron chi connectivity index (χ4n) is 2.08. The van der Waals surface area contributed by atoms with Crippen LogP contribution in [-0.2, 0) is 17.8 Å². The summed E-state index contributed by atoms with van der Waals surface area (Å²) in [6.07, 6.45) is 0. The Balaban J connectivity index is 2.62. The Morgan fingerprint density at radius 1 is 1.28 bits per heavy atom. The van der Waals surface area contributed by atoms with E-state index in [9.17, 15) is 0 Å². The summed E-state index contributed by atoms with van der Waals surface area (Å²) >= 11 is 0. The number of rotatable bonds is 8. The minimum atomic E-state index is 0.607. The first-order chi connectivity index (χ1) is 8.65. The third-order valence-corrected chi connectivity index (χ3v) is 2.87. The van der Waals surface area contributed by atoms with E-state index in [1.54, 1.807) is 7.11 Å². The summed E-state index contributed by atoms with van der Waals surface area (Å²) in [4.78, 5) is 2.43. The molecule has 0 heterocycles. The second-order valence-corrected chi connectivity index (χ2v) is 5.15. The van der Waals surface area contributed by atoms with Crippen LogP contribution in [0.5, 0.6) is 0 Å². The monoisotopic (exact) mass is 250 g/mol. The molecule has 3 nitrogen and oxygen atoms in total. The van der Waals surface area contributed by atoms with Crippen LogP contribution in [0.25, 0.3) is 0 Å². The van der Waals surface area contributed by atoms with E-state index in [0.29, 0.717) is 12.5 Å². The lowest BCUT2D eigenvalue weighted by Gasteiger charge is -2.24. The molecule has 0 aromatic heterocycles. The summed E-state index contributed by atoms with van der Waals surface area (Å²) in [7, 11) is 1.75. The van der Waals surface area contributed by atoms with Gasteiger partial charge < -0.3 is 10.5 Å². The minimum absolute atomic E-state index is 0.607. The summed E-state index contributed by atoms with van der Waals surface area (Å²) in [6.45, 7) is 8.92. The number of hydrogen-bond donors (Lipinski definition) is 1. The molecule has 102 valence electrons. The first kappa shape index (κ1) is 15.2. The van der Waals surface area contributed by atoms with E-state index in [0.717, 1.165) is 26.2 Å². The van der Waals surface area contributed by atoms with Crippen LogP contribution >= 0.6 is 0 Å². The molecule has 0 spiro atoms. The quantitative estimate of drug-likeness (QED) is 0.769. The molecule has 3 heteroatoms. The van der Waals surface area contributed by atoms with Crippen molar-refractivity contribution in [1.29, 1.82) is 0 Å². The summed E-state index contributed by atoms with van der Waals surface area (Å²) in [5, 5.41) is 0.